The van der Waals surface area contributed by atoms with Gasteiger partial charge in [-0.05, 0) is 56.4 Å². The third kappa shape index (κ3) is 3.28. The number of likely N-dealkylation sites (N-methyl/N-ethyl adjacent to an activating group) is 1. The molecule has 0 aliphatic carbocycles. The molecule has 0 bridgehead atoms. The number of anilines is 1. The van der Waals surface area contributed by atoms with Crippen LogP contribution in [-0.4, -0.2) is 49.3 Å². The van der Waals surface area contributed by atoms with Gasteiger partial charge in [-0.3, -0.25) is 14.9 Å². The zero-order valence-electron chi connectivity index (χ0n) is 13.6. The molecular weight excluding hydrogens is 310 g/mol. The Morgan fingerprint density at radius 3 is 2.74 bits per heavy atom. The highest BCUT2D eigenvalue weighted by atomic mass is 32.2. The Balaban J connectivity index is 1.94. The first-order valence-corrected chi connectivity index (χ1v) is 8.53. The molecular formula is C17H21N3O2S. The van der Waals surface area contributed by atoms with Crippen LogP contribution in [0, 0.1) is 6.92 Å². The minimum atomic E-state index is -0.306. The Labute approximate surface area is 140 Å². The van der Waals surface area contributed by atoms with Crippen molar-refractivity contribution in [2.45, 2.75) is 19.4 Å². The molecule has 1 aromatic rings. The van der Waals surface area contributed by atoms with E-state index < -0.39 is 0 Å². The number of amides is 2. The molecule has 2 aliphatic rings. The first-order valence-electron chi connectivity index (χ1n) is 7.71. The highest BCUT2D eigenvalue weighted by molar-refractivity contribution is 8.18. The van der Waals surface area contributed by atoms with Crippen LogP contribution in [0.15, 0.2) is 23.1 Å². The summed E-state index contributed by atoms with van der Waals surface area (Å²) in [5, 5.41) is 2.01. The van der Waals surface area contributed by atoms with E-state index in [4.69, 9.17) is 0 Å². The van der Waals surface area contributed by atoms with Crippen LogP contribution in [0.1, 0.15) is 17.5 Å². The van der Waals surface area contributed by atoms with Crippen molar-refractivity contribution in [3.63, 3.8) is 0 Å². The number of benzene rings is 1. The molecule has 2 aliphatic heterocycles. The number of carbonyl (C=O) groups is 2. The number of thioether (sulfide) groups is 1. The van der Waals surface area contributed by atoms with Crippen molar-refractivity contribution in [3.8, 4) is 0 Å². The second kappa shape index (κ2) is 6.37. The zero-order chi connectivity index (χ0) is 16.6. The number of hydrogen-bond donors (Lipinski definition) is 1. The summed E-state index contributed by atoms with van der Waals surface area (Å²) in [6.45, 7) is 4.07. The molecule has 3 rings (SSSR count). The highest BCUT2D eigenvalue weighted by Gasteiger charge is 2.28. The van der Waals surface area contributed by atoms with Gasteiger partial charge in [0.1, 0.15) is 0 Å². The maximum atomic E-state index is 11.8. The fourth-order valence-corrected chi connectivity index (χ4v) is 3.83. The number of imide groups is 1. The molecule has 1 aromatic carbocycles. The Hall–Kier alpha value is -1.79. The lowest BCUT2D eigenvalue weighted by atomic mass is 10.1. The fourth-order valence-electron chi connectivity index (χ4n) is 3.16. The number of nitrogens with zero attached hydrogens (tertiary/aromatic N) is 2. The van der Waals surface area contributed by atoms with Crippen LogP contribution in [0.5, 0.6) is 0 Å². The van der Waals surface area contributed by atoms with Gasteiger partial charge in [0.25, 0.3) is 11.1 Å². The van der Waals surface area contributed by atoms with Gasteiger partial charge >= 0.3 is 0 Å². The fraction of sp³-hybridized carbons (Fsp3) is 0.412. The second-order valence-corrected chi connectivity index (χ2v) is 7.23. The van der Waals surface area contributed by atoms with Crippen molar-refractivity contribution >= 4 is 34.7 Å². The second-order valence-electron chi connectivity index (χ2n) is 6.22. The first kappa shape index (κ1) is 16.1. The summed E-state index contributed by atoms with van der Waals surface area (Å²) in [4.78, 5) is 28.3. The summed E-state index contributed by atoms with van der Waals surface area (Å²) < 4.78 is 0. The van der Waals surface area contributed by atoms with E-state index in [0.717, 1.165) is 42.5 Å². The maximum Gasteiger partial charge on any atom is 0.290 e. The van der Waals surface area contributed by atoms with E-state index in [1.165, 1.54) is 5.56 Å². The van der Waals surface area contributed by atoms with Crippen molar-refractivity contribution in [2.75, 3.05) is 32.1 Å². The van der Waals surface area contributed by atoms with Crippen LogP contribution in [0.4, 0.5) is 10.5 Å². The van der Waals surface area contributed by atoms with Crippen molar-refractivity contribution in [3.05, 3.63) is 34.2 Å². The van der Waals surface area contributed by atoms with Crippen LogP contribution in [0.2, 0.25) is 0 Å². The molecule has 1 atom stereocenters. The molecule has 0 aromatic heterocycles. The number of aryl methyl sites for hydroxylation is 1. The van der Waals surface area contributed by atoms with Gasteiger partial charge in [-0.2, -0.15) is 0 Å². The van der Waals surface area contributed by atoms with E-state index in [-0.39, 0.29) is 11.1 Å². The maximum absolute atomic E-state index is 11.8. The molecule has 2 heterocycles. The highest BCUT2D eigenvalue weighted by Crippen LogP contribution is 2.33. The van der Waals surface area contributed by atoms with E-state index in [1.54, 1.807) is 0 Å². The van der Waals surface area contributed by atoms with Crippen LogP contribution >= 0.6 is 11.8 Å². The molecule has 5 nitrogen and oxygen atoms in total. The van der Waals surface area contributed by atoms with E-state index in [2.05, 4.69) is 42.2 Å². The number of rotatable bonds is 3. The molecule has 0 radical (unpaired) electrons. The molecule has 6 heteroatoms. The summed E-state index contributed by atoms with van der Waals surface area (Å²) in [7, 11) is 4.22. The van der Waals surface area contributed by atoms with Crippen molar-refractivity contribution in [2.24, 2.45) is 0 Å². The minimum absolute atomic E-state index is 0.302. The van der Waals surface area contributed by atoms with Crippen LogP contribution in [0.25, 0.3) is 6.08 Å². The minimum Gasteiger partial charge on any atom is -0.369 e. The Kier molecular flexibility index (Phi) is 4.46. The van der Waals surface area contributed by atoms with Crippen molar-refractivity contribution in [1.29, 1.82) is 0 Å². The average molecular weight is 331 g/mol. The largest absolute Gasteiger partial charge is 0.369 e. The molecule has 2 saturated heterocycles. The summed E-state index contributed by atoms with van der Waals surface area (Å²) in [6, 6.07) is 6.63. The van der Waals surface area contributed by atoms with Gasteiger partial charge in [0.05, 0.1) is 4.91 Å². The van der Waals surface area contributed by atoms with Gasteiger partial charge in [-0.15, -0.1) is 0 Å². The van der Waals surface area contributed by atoms with Gasteiger partial charge in [-0.25, -0.2) is 0 Å². The molecule has 2 amide bonds. The van der Waals surface area contributed by atoms with Crippen LogP contribution < -0.4 is 10.2 Å². The number of hydrogen-bond acceptors (Lipinski definition) is 5. The molecule has 0 saturated carbocycles. The molecule has 122 valence electrons. The Bertz CT molecular complexity index is 684. The van der Waals surface area contributed by atoms with Crippen LogP contribution in [-0.2, 0) is 4.79 Å². The lowest BCUT2D eigenvalue weighted by Gasteiger charge is -2.25. The van der Waals surface area contributed by atoms with E-state index in [9.17, 15) is 9.59 Å². The van der Waals surface area contributed by atoms with Gasteiger partial charge in [0.2, 0.25) is 0 Å². The average Bonchev–Trinajstić information content (AvgIpc) is 3.07. The Morgan fingerprint density at radius 2 is 2.13 bits per heavy atom. The molecule has 1 N–H and O–H groups in total. The van der Waals surface area contributed by atoms with Crippen molar-refractivity contribution < 1.29 is 9.59 Å². The SMILES string of the molecule is Cc1cccc(/C=C2\SC(=O)NC2=O)c1N1CC[C@H](N(C)C)C1. The normalized spacial score (nSPS) is 23.2. The standard InChI is InChI=1S/C17H21N3O2S/c1-11-5-4-6-12(9-14-16(21)18-17(22)23-14)15(11)20-8-7-13(10-20)19(2)3/h4-6,9,13H,7-8,10H2,1-3H3,(H,18,21,22)/b14-9-/t13-/m0/s1. The summed E-state index contributed by atoms with van der Waals surface area (Å²) >= 11 is 0.966. The summed E-state index contributed by atoms with van der Waals surface area (Å²) in [6.07, 6.45) is 2.96. The monoisotopic (exact) mass is 331 g/mol. The van der Waals surface area contributed by atoms with E-state index in [0.29, 0.717) is 10.9 Å². The molecule has 23 heavy (non-hydrogen) atoms. The van der Waals surface area contributed by atoms with Gasteiger partial charge in [-0.1, -0.05) is 18.2 Å². The number of carbonyl (C=O) groups excluding carboxylic acids is 2. The van der Waals surface area contributed by atoms with Crippen LogP contribution in [0.3, 0.4) is 0 Å². The third-order valence-corrected chi connectivity index (χ3v) is 5.22. The van der Waals surface area contributed by atoms with E-state index in [1.807, 2.05) is 18.2 Å². The smallest absolute Gasteiger partial charge is 0.290 e. The first-order chi connectivity index (χ1) is 11.0. The summed E-state index contributed by atoms with van der Waals surface area (Å²) in [5.74, 6) is -0.306. The lowest BCUT2D eigenvalue weighted by Crippen LogP contribution is -2.31. The van der Waals surface area contributed by atoms with Gasteiger partial charge < -0.3 is 9.80 Å². The quantitative estimate of drug-likeness (QED) is 0.862. The predicted octanol–water partition coefficient (Wildman–Crippen LogP) is 2.46. The van der Waals surface area contributed by atoms with Gasteiger partial charge in [0.15, 0.2) is 0 Å². The molecule has 2 fully saturated rings. The molecule has 0 spiro atoms. The lowest BCUT2D eigenvalue weighted by molar-refractivity contribution is -0.115. The van der Waals surface area contributed by atoms with Gasteiger partial charge in [0, 0.05) is 24.8 Å². The van der Waals surface area contributed by atoms with E-state index >= 15 is 0 Å². The predicted molar refractivity (Wildman–Crippen MR) is 94.6 cm³/mol. The zero-order valence-corrected chi connectivity index (χ0v) is 14.4. The van der Waals surface area contributed by atoms with Crippen molar-refractivity contribution in [1.82, 2.24) is 10.2 Å². The Morgan fingerprint density at radius 1 is 1.35 bits per heavy atom. The molecule has 0 unspecified atom stereocenters. The topological polar surface area (TPSA) is 52.7 Å². The third-order valence-electron chi connectivity index (χ3n) is 4.41. The summed E-state index contributed by atoms with van der Waals surface area (Å²) in [5.41, 5.74) is 3.35. The number of para-hydroxylation sites is 1. The number of nitrogens with one attached hydrogen (secondary N) is 1.